The Balaban J connectivity index is 2.63. The van der Waals surface area contributed by atoms with Crippen molar-refractivity contribution in [3.05, 3.63) is 29.8 Å². The molecule has 0 aliphatic carbocycles. The summed E-state index contributed by atoms with van der Waals surface area (Å²) in [5.74, 6) is -0.245. The molecule has 0 aromatic heterocycles. The van der Waals surface area contributed by atoms with Crippen LogP contribution < -0.4 is 16.3 Å². The first-order chi connectivity index (χ1) is 12.3. The third kappa shape index (κ3) is 8.34. The lowest BCUT2D eigenvalue weighted by Gasteiger charge is -2.21. The van der Waals surface area contributed by atoms with E-state index in [1.165, 1.54) is 0 Å². The summed E-state index contributed by atoms with van der Waals surface area (Å²) in [5.41, 5.74) is 7.17. The molecule has 0 radical (unpaired) electrons. The standard InChI is InChI=1S/C16H29BN3O5P/c1-4-24-26(23,25-5-2)10-9-19-16(21)12-15(20-17(3)22)13-7-6-8-14(18)11-13/h6-8,11,15,20,22H,4-5,9-10,12,18H2,1-3H3,(H,19,21)/t15-/m0/s1. The quantitative estimate of drug-likeness (QED) is 0.246. The van der Waals surface area contributed by atoms with Gasteiger partial charge >= 0.3 is 14.6 Å². The summed E-state index contributed by atoms with van der Waals surface area (Å²) in [6, 6.07) is 6.74. The number of nitrogens with two attached hydrogens (primary N) is 1. The number of nitrogens with one attached hydrogen (secondary N) is 2. The van der Waals surface area contributed by atoms with Gasteiger partial charge in [0.1, 0.15) is 0 Å². The van der Waals surface area contributed by atoms with E-state index < -0.39 is 20.7 Å². The molecule has 146 valence electrons. The lowest BCUT2D eigenvalue weighted by atomic mass is 9.85. The van der Waals surface area contributed by atoms with Crippen molar-refractivity contribution >= 4 is 26.2 Å². The van der Waals surface area contributed by atoms with E-state index in [2.05, 4.69) is 10.5 Å². The van der Waals surface area contributed by atoms with Gasteiger partial charge in [0.25, 0.3) is 0 Å². The van der Waals surface area contributed by atoms with Gasteiger partial charge < -0.3 is 30.3 Å². The lowest BCUT2D eigenvalue weighted by Crippen LogP contribution is -2.38. The van der Waals surface area contributed by atoms with E-state index in [4.69, 9.17) is 14.8 Å². The minimum atomic E-state index is -3.18. The van der Waals surface area contributed by atoms with Gasteiger partial charge in [0, 0.05) is 24.7 Å². The molecule has 0 bridgehead atoms. The highest BCUT2D eigenvalue weighted by Crippen LogP contribution is 2.47. The van der Waals surface area contributed by atoms with E-state index in [0.717, 1.165) is 5.56 Å². The van der Waals surface area contributed by atoms with Crippen LogP contribution in [0, 0.1) is 0 Å². The zero-order chi connectivity index (χ0) is 19.6. The average molecular weight is 385 g/mol. The van der Waals surface area contributed by atoms with Gasteiger partial charge in [0.2, 0.25) is 5.91 Å². The third-order valence-corrected chi connectivity index (χ3v) is 5.58. The molecule has 0 saturated heterocycles. The maximum absolute atomic E-state index is 12.4. The van der Waals surface area contributed by atoms with Gasteiger partial charge in [-0.25, -0.2) is 0 Å². The molecule has 1 amide bonds. The monoisotopic (exact) mass is 385 g/mol. The van der Waals surface area contributed by atoms with Gasteiger partial charge in [-0.2, -0.15) is 0 Å². The molecular formula is C16H29BN3O5P. The SMILES string of the molecule is CCOP(=O)(CCNC(=O)C[C@H](NB(C)O)c1cccc(N)c1)OCC. The Morgan fingerprint density at radius 1 is 1.35 bits per heavy atom. The molecule has 0 saturated carbocycles. The molecule has 1 aromatic carbocycles. The van der Waals surface area contributed by atoms with Crippen LogP contribution in [0.15, 0.2) is 24.3 Å². The highest BCUT2D eigenvalue weighted by molar-refractivity contribution is 7.53. The van der Waals surface area contributed by atoms with E-state index in [0.29, 0.717) is 5.69 Å². The molecule has 1 rings (SSSR count). The number of anilines is 1. The first kappa shape index (κ1) is 22.7. The Morgan fingerprint density at radius 2 is 2.00 bits per heavy atom. The average Bonchev–Trinajstić information content (AvgIpc) is 2.54. The highest BCUT2D eigenvalue weighted by Gasteiger charge is 2.24. The van der Waals surface area contributed by atoms with Crippen LogP contribution in [0.25, 0.3) is 0 Å². The predicted molar refractivity (Wildman–Crippen MR) is 104 cm³/mol. The number of rotatable bonds is 12. The minimum absolute atomic E-state index is 0.0991. The fraction of sp³-hybridized carbons (Fsp3) is 0.562. The zero-order valence-corrected chi connectivity index (χ0v) is 16.5. The normalized spacial score (nSPS) is 12.6. The summed E-state index contributed by atoms with van der Waals surface area (Å²) in [4.78, 5) is 12.3. The molecule has 0 aliphatic rings. The molecule has 5 N–H and O–H groups in total. The molecule has 10 heteroatoms. The molecule has 0 spiro atoms. The van der Waals surface area contributed by atoms with Crippen molar-refractivity contribution in [3.63, 3.8) is 0 Å². The van der Waals surface area contributed by atoms with Crippen LogP contribution in [0.5, 0.6) is 0 Å². The van der Waals surface area contributed by atoms with Gasteiger partial charge in [-0.1, -0.05) is 12.1 Å². The van der Waals surface area contributed by atoms with Gasteiger partial charge in [-0.15, -0.1) is 0 Å². The van der Waals surface area contributed by atoms with Gasteiger partial charge in [0.05, 0.1) is 19.4 Å². The van der Waals surface area contributed by atoms with Crippen LogP contribution in [0.2, 0.25) is 6.82 Å². The molecule has 26 heavy (non-hydrogen) atoms. The maximum Gasteiger partial charge on any atom is 0.374 e. The summed E-state index contributed by atoms with van der Waals surface area (Å²) >= 11 is 0. The van der Waals surface area contributed by atoms with Crippen molar-refractivity contribution in [1.82, 2.24) is 10.5 Å². The van der Waals surface area contributed by atoms with Crippen LogP contribution in [0.4, 0.5) is 5.69 Å². The molecular weight excluding hydrogens is 356 g/mol. The summed E-state index contributed by atoms with van der Waals surface area (Å²) in [7, 11) is -3.97. The van der Waals surface area contributed by atoms with E-state index in [9.17, 15) is 14.4 Å². The number of hydrogen-bond donors (Lipinski definition) is 4. The lowest BCUT2D eigenvalue weighted by molar-refractivity contribution is -0.121. The molecule has 0 fully saturated rings. The van der Waals surface area contributed by atoms with Crippen LogP contribution in [-0.2, 0) is 18.4 Å². The van der Waals surface area contributed by atoms with Crippen LogP contribution in [-0.4, -0.2) is 43.9 Å². The van der Waals surface area contributed by atoms with Crippen molar-refractivity contribution in [2.45, 2.75) is 33.1 Å². The van der Waals surface area contributed by atoms with E-state index in [1.807, 2.05) is 6.07 Å². The molecule has 0 heterocycles. The predicted octanol–water partition coefficient (Wildman–Crippen LogP) is 1.78. The second-order valence-corrected chi connectivity index (χ2v) is 7.97. The van der Waals surface area contributed by atoms with E-state index in [1.54, 1.807) is 38.9 Å². The Hall–Kier alpha value is -1.38. The summed E-state index contributed by atoms with van der Waals surface area (Å²) in [6.07, 6.45) is 0.203. The van der Waals surface area contributed by atoms with Crippen molar-refractivity contribution in [3.8, 4) is 0 Å². The number of amides is 1. The molecule has 0 aliphatic heterocycles. The second kappa shape index (κ2) is 11.4. The second-order valence-electron chi connectivity index (χ2n) is 5.79. The molecule has 8 nitrogen and oxygen atoms in total. The number of nitrogen functional groups attached to an aromatic ring is 1. The molecule has 1 aromatic rings. The number of carbonyl (C=O) groups excluding carboxylic acids is 1. The summed E-state index contributed by atoms with van der Waals surface area (Å²) in [5, 5.41) is 15.3. The third-order valence-electron chi connectivity index (χ3n) is 3.50. The van der Waals surface area contributed by atoms with Gasteiger partial charge in [-0.05, 0) is 38.4 Å². The fourth-order valence-corrected chi connectivity index (χ4v) is 3.99. The van der Waals surface area contributed by atoms with Crippen molar-refractivity contribution < 1.29 is 23.4 Å². The highest BCUT2D eigenvalue weighted by atomic mass is 31.2. The Morgan fingerprint density at radius 3 is 2.54 bits per heavy atom. The Labute approximate surface area is 155 Å². The largest absolute Gasteiger partial charge is 0.437 e. The Kier molecular flexibility index (Phi) is 9.90. The first-order valence-electron chi connectivity index (χ1n) is 8.74. The van der Waals surface area contributed by atoms with Crippen molar-refractivity contribution in [2.75, 3.05) is 31.7 Å². The summed E-state index contributed by atoms with van der Waals surface area (Å²) in [6.45, 7) is 5.79. The number of benzene rings is 1. The topological polar surface area (TPSA) is 123 Å². The maximum atomic E-state index is 12.4. The Bertz CT molecular complexity index is 607. The fourth-order valence-electron chi connectivity index (χ4n) is 2.49. The van der Waals surface area contributed by atoms with Crippen LogP contribution in [0.3, 0.4) is 0 Å². The minimum Gasteiger partial charge on any atom is -0.437 e. The molecule has 1 atom stereocenters. The number of carbonyl (C=O) groups is 1. The van der Waals surface area contributed by atoms with E-state index in [-0.39, 0.29) is 38.2 Å². The summed E-state index contributed by atoms with van der Waals surface area (Å²) < 4.78 is 22.7. The number of hydrogen-bond acceptors (Lipinski definition) is 7. The first-order valence-corrected chi connectivity index (χ1v) is 10.5. The molecule has 0 unspecified atom stereocenters. The van der Waals surface area contributed by atoms with Crippen LogP contribution in [0.1, 0.15) is 31.9 Å². The van der Waals surface area contributed by atoms with Crippen molar-refractivity contribution in [2.24, 2.45) is 0 Å². The van der Waals surface area contributed by atoms with Gasteiger partial charge in [0.15, 0.2) is 0 Å². The zero-order valence-electron chi connectivity index (χ0n) is 15.6. The van der Waals surface area contributed by atoms with Crippen molar-refractivity contribution in [1.29, 1.82) is 0 Å². The van der Waals surface area contributed by atoms with Crippen LogP contribution >= 0.6 is 7.60 Å². The van der Waals surface area contributed by atoms with Gasteiger partial charge in [-0.3, -0.25) is 9.36 Å². The van der Waals surface area contributed by atoms with E-state index >= 15 is 0 Å². The smallest absolute Gasteiger partial charge is 0.374 e.